The maximum atomic E-state index is 11.6. The third-order valence-electron chi connectivity index (χ3n) is 2.96. The third-order valence-corrected chi connectivity index (χ3v) is 4.05. The molecule has 0 spiro atoms. The van der Waals surface area contributed by atoms with Crippen LogP contribution in [0.25, 0.3) is 11.3 Å². The molecular formula is C12H15N3O2S. The zero-order chi connectivity index (χ0) is 13.5. The number of rotatable bonds is 2. The summed E-state index contributed by atoms with van der Waals surface area (Å²) in [6, 6.07) is 5.01. The summed E-state index contributed by atoms with van der Waals surface area (Å²) in [5, 5.41) is 6.66. The fourth-order valence-corrected chi connectivity index (χ4v) is 2.52. The van der Waals surface area contributed by atoms with E-state index in [1.165, 1.54) is 6.26 Å². The summed E-state index contributed by atoms with van der Waals surface area (Å²) in [6.45, 7) is 3.82. The quantitative estimate of drug-likeness (QED) is 0.864. The Bertz CT molecular complexity index is 702. The van der Waals surface area contributed by atoms with Gasteiger partial charge in [0.15, 0.2) is 9.84 Å². The lowest BCUT2D eigenvalue weighted by Gasteiger charge is -2.09. The van der Waals surface area contributed by atoms with Crippen molar-refractivity contribution < 1.29 is 8.42 Å². The van der Waals surface area contributed by atoms with Crippen LogP contribution in [0, 0.1) is 13.8 Å². The predicted molar refractivity (Wildman–Crippen MR) is 71.0 cm³/mol. The van der Waals surface area contributed by atoms with Crippen LogP contribution in [-0.2, 0) is 9.84 Å². The van der Waals surface area contributed by atoms with Gasteiger partial charge in [0.1, 0.15) is 5.82 Å². The van der Waals surface area contributed by atoms with E-state index in [2.05, 4.69) is 10.2 Å². The summed E-state index contributed by atoms with van der Waals surface area (Å²) in [4.78, 5) is 0.300. The molecule has 0 fully saturated rings. The fourth-order valence-electron chi connectivity index (χ4n) is 1.80. The van der Waals surface area contributed by atoms with E-state index in [0.717, 1.165) is 22.4 Å². The highest BCUT2D eigenvalue weighted by Crippen LogP contribution is 2.28. The molecular weight excluding hydrogens is 250 g/mol. The van der Waals surface area contributed by atoms with Gasteiger partial charge in [0.05, 0.1) is 10.6 Å². The van der Waals surface area contributed by atoms with Crippen LogP contribution >= 0.6 is 0 Å². The highest BCUT2D eigenvalue weighted by atomic mass is 32.2. The van der Waals surface area contributed by atoms with Gasteiger partial charge >= 0.3 is 0 Å². The topological polar surface area (TPSA) is 88.8 Å². The second kappa shape index (κ2) is 4.13. The molecule has 0 bridgehead atoms. The number of aromatic amines is 1. The molecule has 6 heteroatoms. The van der Waals surface area contributed by atoms with E-state index in [4.69, 9.17) is 5.73 Å². The number of H-pyrrole nitrogens is 1. The van der Waals surface area contributed by atoms with Gasteiger partial charge in [-0.25, -0.2) is 8.42 Å². The molecule has 0 aliphatic rings. The van der Waals surface area contributed by atoms with Gasteiger partial charge in [0.25, 0.3) is 0 Å². The molecule has 0 saturated heterocycles. The molecule has 0 unspecified atom stereocenters. The Balaban J connectivity index is 2.71. The number of benzene rings is 1. The van der Waals surface area contributed by atoms with Crippen molar-refractivity contribution in [2.45, 2.75) is 18.7 Å². The van der Waals surface area contributed by atoms with Crippen LogP contribution in [0.4, 0.5) is 5.82 Å². The van der Waals surface area contributed by atoms with Crippen molar-refractivity contribution in [1.82, 2.24) is 10.2 Å². The predicted octanol–water partition coefficient (Wildman–Crippen LogP) is 1.68. The van der Waals surface area contributed by atoms with Crippen LogP contribution in [0.3, 0.4) is 0 Å². The summed E-state index contributed by atoms with van der Waals surface area (Å²) in [6.07, 6.45) is 1.20. The largest absolute Gasteiger partial charge is 0.382 e. The minimum absolute atomic E-state index is 0.300. The first-order valence-electron chi connectivity index (χ1n) is 5.41. The van der Waals surface area contributed by atoms with Gasteiger partial charge in [-0.15, -0.1) is 0 Å². The average molecular weight is 265 g/mol. The lowest BCUT2D eigenvalue weighted by atomic mass is 10.0. The molecule has 5 nitrogen and oxygen atoms in total. The fraction of sp³-hybridized carbons (Fsp3) is 0.250. The molecule has 18 heavy (non-hydrogen) atoms. The Morgan fingerprint density at radius 2 is 1.89 bits per heavy atom. The Morgan fingerprint density at radius 1 is 1.22 bits per heavy atom. The van der Waals surface area contributed by atoms with E-state index < -0.39 is 9.84 Å². The Labute approximate surface area is 106 Å². The van der Waals surface area contributed by atoms with Gasteiger partial charge in [-0.1, -0.05) is 0 Å². The van der Waals surface area contributed by atoms with E-state index in [1.807, 2.05) is 13.8 Å². The number of nitrogens with zero attached hydrogens (tertiary/aromatic N) is 1. The van der Waals surface area contributed by atoms with Gasteiger partial charge in [-0.05, 0) is 37.1 Å². The number of anilines is 1. The van der Waals surface area contributed by atoms with Crippen LogP contribution in [0.5, 0.6) is 0 Å². The zero-order valence-electron chi connectivity index (χ0n) is 10.5. The summed E-state index contributed by atoms with van der Waals surface area (Å²) < 4.78 is 23.3. The maximum Gasteiger partial charge on any atom is 0.175 e. The second-order valence-electron chi connectivity index (χ2n) is 4.39. The minimum Gasteiger partial charge on any atom is -0.382 e. The van der Waals surface area contributed by atoms with Crippen molar-refractivity contribution in [2.75, 3.05) is 12.0 Å². The lowest BCUT2D eigenvalue weighted by molar-refractivity contribution is 0.602. The second-order valence-corrected chi connectivity index (χ2v) is 6.41. The van der Waals surface area contributed by atoms with Crippen molar-refractivity contribution in [2.24, 2.45) is 0 Å². The van der Waals surface area contributed by atoms with Crippen LogP contribution in [0.2, 0.25) is 0 Å². The molecule has 0 saturated carbocycles. The van der Waals surface area contributed by atoms with E-state index in [9.17, 15) is 8.42 Å². The zero-order valence-corrected chi connectivity index (χ0v) is 11.3. The molecule has 0 aliphatic carbocycles. The van der Waals surface area contributed by atoms with Gasteiger partial charge in [0, 0.05) is 17.9 Å². The van der Waals surface area contributed by atoms with E-state index >= 15 is 0 Å². The van der Waals surface area contributed by atoms with E-state index in [1.54, 1.807) is 18.2 Å². The van der Waals surface area contributed by atoms with Crippen molar-refractivity contribution in [1.29, 1.82) is 0 Å². The van der Waals surface area contributed by atoms with Crippen molar-refractivity contribution in [3.63, 3.8) is 0 Å². The molecule has 2 rings (SSSR count). The molecule has 1 heterocycles. The van der Waals surface area contributed by atoms with Crippen molar-refractivity contribution >= 4 is 15.7 Å². The Hall–Kier alpha value is -1.82. The van der Waals surface area contributed by atoms with Gasteiger partial charge in [-0.3, -0.25) is 5.10 Å². The number of nitrogens with one attached hydrogen (secondary N) is 1. The first kappa shape index (κ1) is 12.6. The normalized spacial score (nSPS) is 11.7. The van der Waals surface area contributed by atoms with Gasteiger partial charge < -0.3 is 5.73 Å². The Morgan fingerprint density at radius 3 is 2.39 bits per heavy atom. The smallest absolute Gasteiger partial charge is 0.175 e. The maximum absolute atomic E-state index is 11.6. The summed E-state index contributed by atoms with van der Waals surface area (Å²) in [5.41, 5.74) is 9.02. The molecule has 1 aromatic carbocycles. The summed E-state index contributed by atoms with van der Waals surface area (Å²) in [5.74, 6) is 0.381. The number of hydrogen-bond donors (Lipinski definition) is 2. The monoisotopic (exact) mass is 265 g/mol. The molecule has 3 N–H and O–H groups in total. The van der Waals surface area contributed by atoms with Gasteiger partial charge in [-0.2, -0.15) is 5.10 Å². The summed E-state index contributed by atoms with van der Waals surface area (Å²) >= 11 is 0. The molecule has 96 valence electrons. The van der Waals surface area contributed by atoms with E-state index in [0.29, 0.717) is 10.7 Å². The molecule has 2 aromatic rings. The Kier molecular flexibility index (Phi) is 2.90. The van der Waals surface area contributed by atoms with Crippen LogP contribution in [0.1, 0.15) is 11.1 Å². The highest BCUT2D eigenvalue weighted by molar-refractivity contribution is 7.90. The number of nitrogens with two attached hydrogens (primary N) is 1. The molecule has 0 atom stereocenters. The third kappa shape index (κ3) is 2.24. The van der Waals surface area contributed by atoms with Crippen LogP contribution in [-0.4, -0.2) is 24.9 Å². The number of hydrogen-bond acceptors (Lipinski definition) is 4. The molecule has 0 radical (unpaired) electrons. The van der Waals surface area contributed by atoms with Crippen LogP contribution < -0.4 is 5.73 Å². The lowest BCUT2D eigenvalue weighted by Crippen LogP contribution is -2.00. The molecule has 0 aliphatic heterocycles. The molecule has 0 amide bonds. The number of aromatic nitrogens is 2. The number of sulfone groups is 1. The minimum atomic E-state index is -3.23. The standard InChI is InChI=1S/C12H15N3O2S/c1-7-4-9(18(3,16)17)5-10(8(7)2)11-6-12(13)15-14-11/h4-6H,1-3H3,(H3,13,14,15). The number of aryl methyl sites for hydroxylation is 1. The molecule has 1 aromatic heterocycles. The van der Waals surface area contributed by atoms with Gasteiger partial charge in [0.2, 0.25) is 0 Å². The number of nitrogen functional groups attached to an aromatic ring is 1. The van der Waals surface area contributed by atoms with Crippen LogP contribution in [0.15, 0.2) is 23.1 Å². The van der Waals surface area contributed by atoms with Crippen molar-refractivity contribution in [3.05, 3.63) is 29.3 Å². The SMILES string of the molecule is Cc1cc(S(C)(=O)=O)cc(-c2cc(N)n[nH]2)c1C. The first-order chi connectivity index (χ1) is 8.29. The average Bonchev–Trinajstić information content (AvgIpc) is 2.67. The highest BCUT2D eigenvalue weighted by Gasteiger charge is 2.14. The summed E-state index contributed by atoms with van der Waals surface area (Å²) in [7, 11) is -3.23. The first-order valence-corrected chi connectivity index (χ1v) is 7.31. The van der Waals surface area contributed by atoms with Crippen molar-refractivity contribution in [3.8, 4) is 11.3 Å². The van der Waals surface area contributed by atoms with E-state index in [-0.39, 0.29) is 0 Å².